The van der Waals surface area contributed by atoms with Crippen LogP contribution in [0.1, 0.15) is 39.7 Å². The van der Waals surface area contributed by atoms with Crippen molar-refractivity contribution in [3.05, 3.63) is 59.1 Å². The zero-order valence-electron chi connectivity index (χ0n) is 21.0. The zero-order valence-corrected chi connectivity index (χ0v) is 21.0. The minimum Gasteiger partial charge on any atom is -0.478 e. The van der Waals surface area contributed by atoms with Gasteiger partial charge in [0.2, 0.25) is 0 Å². The van der Waals surface area contributed by atoms with Crippen LogP contribution in [0.3, 0.4) is 0 Å². The van der Waals surface area contributed by atoms with Crippen molar-refractivity contribution >= 4 is 29.4 Å². The number of rotatable bonds is 5. The highest BCUT2D eigenvalue weighted by atomic mass is 19.1. The van der Waals surface area contributed by atoms with Gasteiger partial charge in [-0.15, -0.1) is 0 Å². The Kier molecular flexibility index (Phi) is 7.07. The molecule has 2 aliphatic rings. The van der Waals surface area contributed by atoms with Gasteiger partial charge in [0.05, 0.1) is 11.3 Å². The number of aliphatic carboxylic acids is 1. The van der Waals surface area contributed by atoms with E-state index in [0.717, 1.165) is 6.07 Å². The molecule has 37 heavy (non-hydrogen) atoms. The molecule has 4 rings (SSSR count). The molecule has 1 saturated heterocycles. The first-order chi connectivity index (χ1) is 17.3. The summed E-state index contributed by atoms with van der Waals surface area (Å²) in [5.74, 6) is -3.39. The Morgan fingerprint density at radius 3 is 2.54 bits per heavy atom. The molecule has 11 heteroatoms. The van der Waals surface area contributed by atoms with Gasteiger partial charge in [0.15, 0.2) is 11.6 Å². The highest BCUT2D eigenvalue weighted by molar-refractivity contribution is 5.90. The Hall–Kier alpha value is -3.76. The highest BCUT2D eigenvalue weighted by Crippen LogP contribution is 2.38. The average Bonchev–Trinajstić information content (AvgIpc) is 3.27. The molecule has 1 amide bonds. The van der Waals surface area contributed by atoms with E-state index < -0.39 is 35.1 Å². The number of carbonyl (C=O) groups excluding carboxylic acids is 1. The number of hydrogen-bond donors (Lipinski definition) is 2. The molecule has 8 nitrogen and oxygen atoms in total. The number of carbonyl (C=O) groups is 2. The summed E-state index contributed by atoms with van der Waals surface area (Å²) in [4.78, 5) is 31.3. The molecule has 0 bridgehead atoms. The average molecular weight is 519 g/mol. The Bertz CT molecular complexity index is 1260. The SMILES string of the molecule is C[C@@H](NC(=O)OC(C)(C)C)C1CCN(c2nc3c(cc2F)CC(C(=O)O)=CN3c2ccc(F)cc2F)C1. The summed E-state index contributed by atoms with van der Waals surface area (Å²) in [6.45, 7) is 8.04. The summed E-state index contributed by atoms with van der Waals surface area (Å²) in [6, 6.07) is 3.88. The van der Waals surface area contributed by atoms with Crippen molar-refractivity contribution in [1.82, 2.24) is 10.3 Å². The second kappa shape index (κ2) is 9.95. The van der Waals surface area contributed by atoms with Crippen molar-refractivity contribution in [1.29, 1.82) is 0 Å². The van der Waals surface area contributed by atoms with E-state index in [1.165, 1.54) is 23.2 Å². The number of anilines is 3. The summed E-state index contributed by atoms with van der Waals surface area (Å²) < 4.78 is 48.7. The van der Waals surface area contributed by atoms with Crippen LogP contribution in [0.25, 0.3) is 0 Å². The summed E-state index contributed by atoms with van der Waals surface area (Å²) in [6.07, 6.45) is 1.24. The van der Waals surface area contributed by atoms with Crippen LogP contribution in [0.5, 0.6) is 0 Å². The molecular weight excluding hydrogens is 489 g/mol. The van der Waals surface area contributed by atoms with Gasteiger partial charge >= 0.3 is 12.1 Å². The molecule has 2 N–H and O–H groups in total. The number of halogens is 3. The maximum Gasteiger partial charge on any atom is 0.407 e. The fourth-order valence-corrected chi connectivity index (χ4v) is 4.53. The van der Waals surface area contributed by atoms with E-state index in [-0.39, 0.29) is 46.8 Å². The van der Waals surface area contributed by atoms with Crippen LogP contribution in [0.15, 0.2) is 36.0 Å². The number of amides is 1. The Morgan fingerprint density at radius 1 is 1.16 bits per heavy atom. The Morgan fingerprint density at radius 2 is 1.89 bits per heavy atom. The number of alkyl carbamates (subject to hydrolysis) is 1. The van der Waals surface area contributed by atoms with Crippen molar-refractivity contribution in [2.24, 2.45) is 5.92 Å². The lowest BCUT2D eigenvalue weighted by Gasteiger charge is -2.30. The van der Waals surface area contributed by atoms with E-state index in [4.69, 9.17) is 4.74 Å². The van der Waals surface area contributed by atoms with Crippen LogP contribution < -0.4 is 15.1 Å². The van der Waals surface area contributed by atoms with Crippen LogP contribution in [0, 0.1) is 23.4 Å². The summed E-state index contributed by atoms with van der Waals surface area (Å²) >= 11 is 0. The maximum atomic E-state index is 15.2. The number of aromatic nitrogens is 1. The Balaban J connectivity index is 1.61. The predicted molar refractivity (Wildman–Crippen MR) is 131 cm³/mol. The third-order valence-electron chi connectivity index (χ3n) is 6.33. The molecule has 0 aliphatic carbocycles. The first kappa shape index (κ1) is 26.3. The molecule has 198 valence electrons. The molecule has 0 saturated carbocycles. The number of carboxylic acid groups (broad SMARTS) is 1. The van der Waals surface area contributed by atoms with Crippen LogP contribution in [-0.2, 0) is 16.0 Å². The normalized spacial score (nSPS) is 18.2. The van der Waals surface area contributed by atoms with Gasteiger partial charge in [-0.1, -0.05) is 0 Å². The zero-order chi connectivity index (χ0) is 27.1. The maximum absolute atomic E-state index is 15.2. The number of ether oxygens (including phenoxy) is 1. The fraction of sp³-hybridized carbons (Fsp3) is 0.423. The van der Waals surface area contributed by atoms with Gasteiger partial charge in [-0.3, -0.25) is 4.90 Å². The van der Waals surface area contributed by atoms with Crippen molar-refractivity contribution in [2.75, 3.05) is 22.9 Å². The molecular formula is C26H29F3N4O4. The molecule has 2 aromatic rings. The fourth-order valence-electron chi connectivity index (χ4n) is 4.53. The third kappa shape index (κ3) is 5.81. The molecule has 2 atom stereocenters. The number of nitrogens with one attached hydrogen (secondary N) is 1. The molecule has 0 radical (unpaired) electrons. The van der Waals surface area contributed by atoms with Crippen LogP contribution in [0.2, 0.25) is 0 Å². The Labute approximate surface area is 212 Å². The van der Waals surface area contributed by atoms with Gasteiger partial charge in [0.1, 0.15) is 23.1 Å². The van der Waals surface area contributed by atoms with Gasteiger partial charge < -0.3 is 20.1 Å². The lowest BCUT2D eigenvalue weighted by molar-refractivity contribution is -0.132. The quantitative estimate of drug-likeness (QED) is 0.581. The molecule has 1 aromatic carbocycles. The lowest BCUT2D eigenvalue weighted by Crippen LogP contribution is -2.42. The van der Waals surface area contributed by atoms with E-state index in [2.05, 4.69) is 10.3 Å². The van der Waals surface area contributed by atoms with E-state index >= 15 is 4.39 Å². The smallest absolute Gasteiger partial charge is 0.407 e. The monoisotopic (exact) mass is 518 g/mol. The van der Waals surface area contributed by atoms with Gasteiger partial charge in [-0.25, -0.2) is 27.7 Å². The minimum atomic E-state index is -1.24. The first-order valence-electron chi connectivity index (χ1n) is 11.9. The number of nitrogens with zero attached hydrogens (tertiary/aromatic N) is 3. The number of hydrogen-bond acceptors (Lipinski definition) is 6. The number of pyridine rings is 1. The van der Waals surface area contributed by atoms with Crippen LogP contribution >= 0.6 is 0 Å². The second-order valence-electron chi connectivity index (χ2n) is 10.3. The van der Waals surface area contributed by atoms with Gasteiger partial charge in [-0.05, 0) is 58.2 Å². The topological polar surface area (TPSA) is 95.0 Å². The molecule has 0 spiro atoms. The summed E-state index contributed by atoms with van der Waals surface area (Å²) in [7, 11) is 0. The van der Waals surface area contributed by atoms with Crippen LogP contribution in [0.4, 0.5) is 35.3 Å². The number of benzene rings is 1. The predicted octanol–water partition coefficient (Wildman–Crippen LogP) is 4.90. The standard InChI is InChI=1S/C26H29F3N4O4/c1-14(30-25(36)37-26(2,3)4)15-7-8-32(12-15)23-20(29)10-16-9-17(24(34)35)13-33(22(16)31-23)21-6-5-18(27)11-19(21)28/h5-6,10-11,13-15H,7-9,12H2,1-4H3,(H,30,36)(H,34,35)/t14-,15?/m1/s1. The van der Waals surface area contributed by atoms with Crippen LogP contribution in [-0.4, -0.2) is 46.9 Å². The second-order valence-corrected chi connectivity index (χ2v) is 10.3. The molecule has 1 unspecified atom stereocenters. The lowest BCUT2D eigenvalue weighted by atomic mass is 10.0. The third-order valence-corrected chi connectivity index (χ3v) is 6.33. The molecule has 1 aromatic heterocycles. The minimum absolute atomic E-state index is 0.00564. The van der Waals surface area contributed by atoms with Gasteiger partial charge in [-0.2, -0.15) is 0 Å². The van der Waals surface area contributed by atoms with E-state index in [1.54, 1.807) is 25.7 Å². The summed E-state index contributed by atoms with van der Waals surface area (Å²) in [5, 5.41) is 12.4. The first-order valence-corrected chi connectivity index (χ1v) is 11.9. The molecule has 2 aliphatic heterocycles. The summed E-state index contributed by atoms with van der Waals surface area (Å²) in [5.41, 5.74) is -0.568. The largest absolute Gasteiger partial charge is 0.478 e. The number of fused-ring (bicyclic) bond motifs is 1. The van der Waals surface area contributed by atoms with E-state index in [9.17, 15) is 23.5 Å². The molecule has 1 fully saturated rings. The molecule has 3 heterocycles. The van der Waals surface area contributed by atoms with Crippen molar-refractivity contribution in [3.63, 3.8) is 0 Å². The highest BCUT2D eigenvalue weighted by Gasteiger charge is 2.33. The van der Waals surface area contributed by atoms with E-state index in [1.807, 2.05) is 6.92 Å². The van der Waals surface area contributed by atoms with Crippen molar-refractivity contribution in [3.8, 4) is 0 Å². The number of carboxylic acids is 1. The van der Waals surface area contributed by atoms with Gasteiger partial charge in [0, 0.05) is 43.4 Å². The van der Waals surface area contributed by atoms with Crippen molar-refractivity contribution < 1.29 is 32.6 Å². The van der Waals surface area contributed by atoms with Crippen molar-refractivity contribution in [2.45, 2.75) is 52.2 Å². The van der Waals surface area contributed by atoms with Gasteiger partial charge in [0.25, 0.3) is 0 Å². The van der Waals surface area contributed by atoms with E-state index in [0.29, 0.717) is 25.6 Å².